The number of nitrogens with zero attached hydrogens (tertiary/aromatic N) is 1. The van der Waals surface area contributed by atoms with Gasteiger partial charge in [-0.15, -0.1) is 0 Å². The first-order valence-electron chi connectivity index (χ1n) is 4.71. The highest BCUT2D eigenvalue weighted by Gasteiger charge is 2.06. The molecule has 2 rings (SSSR count). The van der Waals surface area contributed by atoms with Crippen LogP contribution in [0.5, 0.6) is 17.2 Å². The van der Waals surface area contributed by atoms with Gasteiger partial charge in [-0.05, 0) is 28.1 Å². The van der Waals surface area contributed by atoms with Crippen LogP contribution in [0.15, 0.2) is 47.2 Å². The van der Waals surface area contributed by atoms with Gasteiger partial charge in [0.1, 0.15) is 5.75 Å². The summed E-state index contributed by atoms with van der Waals surface area (Å²) < 4.78 is 11.7. The molecule has 0 aliphatic carbocycles. The summed E-state index contributed by atoms with van der Waals surface area (Å²) in [6, 6.07) is 9.28. The van der Waals surface area contributed by atoms with Crippen molar-refractivity contribution in [3.63, 3.8) is 0 Å². The van der Waals surface area contributed by atoms with E-state index in [0.29, 0.717) is 17.2 Å². The average Bonchev–Trinajstić information content (AvgIpc) is 2.33. The number of hydrogen-bond donors (Lipinski definition) is 0. The van der Waals surface area contributed by atoms with Gasteiger partial charge in [-0.25, -0.2) is 0 Å². The number of methoxy groups -OCH3 is 1. The molecule has 2 aromatic rings. The van der Waals surface area contributed by atoms with Gasteiger partial charge in [-0.1, -0.05) is 12.1 Å². The molecule has 0 saturated carbocycles. The molecule has 1 aromatic heterocycles. The van der Waals surface area contributed by atoms with Crippen molar-refractivity contribution in [3.05, 3.63) is 47.2 Å². The molecule has 0 atom stereocenters. The first kappa shape index (κ1) is 11.0. The van der Waals surface area contributed by atoms with Gasteiger partial charge in [-0.3, -0.25) is 4.98 Å². The van der Waals surface area contributed by atoms with Crippen LogP contribution in [0.4, 0.5) is 0 Å². The van der Waals surface area contributed by atoms with E-state index in [0.717, 1.165) is 4.47 Å². The number of hydrogen-bond acceptors (Lipinski definition) is 3. The highest BCUT2D eigenvalue weighted by Crippen LogP contribution is 2.33. The van der Waals surface area contributed by atoms with Crippen molar-refractivity contribution in [1.82, 2.24) is 4.98 Å². The minimum Gasteiger partial charge on any atom is -0.493 e. The summed E-state index contributed by atoms with van der Waals surface area (Å²) in [4.78, 5) is 3.97. The third-order valence-electron chi connectivity index (χ3n) is 2.02. The molecule has 0 bridgehead atoms. The highest BCUT2D eigenvalue weighted by atomic mass is 79.9. The first-order chi connectivity index (χ1) is 7.81. The summed E-state index contributed by atoms with van der Waals surface area (Å²) in [6.45, 7) is 0. The maximum absolute atomic E-state index is 5.72. The zero-order valence-electron chi connectivity index (χ0n) is 8.68. The monoisotopic (exact) mass is 279 g/mol. The summed E-state index contributed by atoms with van der Waals surface area (Å²) in [5.41, 5.74) is 0. The van der Waals surface area contributed by atoms with Crippen LogP contribution in [-0.4, -0.2) is 12.1 Å². The van der Waals surface area contributed by atoms with Crippen LogP contribution in [0.2, 0.25) is 0 Å². The smallest absolute Gasteiger partial charge is 0.169 e. The van der Waals surface area contributed by atoms with E-state index in [4.69, 9.17) is 9.47 Å². The Bertz CT molecular complexity index is 488. The van der Waals surface area contributed by atoms with E-state index in [1.807, 2.05) is 24.3 Å². The van der Waals surface area contributed by atoms with E-state index < -0.39 is 0 Å². The molecular formula is C12H10BrNO2. The topological polar surface area (TPSA) is 31.4 Å². The minimum absolute atomic E-state index is 0.678. The second kappa shape index (κ2) is 4.99. The maximum atomic E-state index is 5.72. The standard InChI is InChI=1S/C12H10BrNO2/c1-15-11-4-2-3-5-12(11)16-10-6-7-14-8-9(10)13/h2-8H,1H3. The fourth-order valence-corrected chi connectivity index (χ4v) is 1.60. The summed E-state index contributed by atoms with van der Waals surface area (Å²) in [5, 5.41) is 0. The Balaban J connectivity index is 2.30. The van der Waals surface area contributed by atoms with Gasteiger partial charge in [0.15, 0.2) is 11.5 Å². The zero-order chi connectivity index (χ0) is 11.4. The lowest BCUT2D eigenvalue weighted by Crippen LogP contribution is -1.90. The Morgan fingerprint density at radius 1 is 1.06 bits per heavy atom. The summed E-state index contributed by atoms with van der Waals surface area (Å²) in [7, 11) is 1.61. The maximum Gasteiger partial charge on any atom is 0.169 e. The van der Waals surface area contributed by atoms with Crippen LogP contribution >= 0.6 is 15.9 Å². The van der Waals surface area contributed by atoms with Crippen LogP contribution in [0.1, 0.15) is 0 Å². The predicted octanol–water partition coefficient (Wildman–Crippen LogP) is 3.65. The van der Waals surface area contributed by atoms with Gasteiger partial charge in [0.25, 0.3) is 0 Å². The van der Waals surface area contributed by atoms with Gasteiger partial charge in [0.05, 0.1) is 11.6 Å². The van der Waals surface area contributed by atoms with Crippen molar-refractivity contribution in [3.8, 4) is 17.2 Å². The second-order valence-electron chi connectivity index (χ2n) is 3.06. The number of benzene rings is 1. The van der Waals surface area contributed by atoms with Gasteiger partial charge in [0.2, 0.25) is 0 Å². The van der Waals surface area contributed by atoms with E-state index in [9.17, 15) is 0 Å². The molecule has 0 N–H and O–H groups in total. The average molecular weight is 280 g/mol. The number of para-hydroxylation sites is 2. The fourth-order valence-electron chi connectivity index (χ4n) is 1.27. The molecule has 0 spiro atoms. The van der Waals surface area contributed by atoms with E-state index in [-0.39, 0.29) is 0 Å². The summed E-state index contributed by atoms with van der Waals surface area (Å²) >= 11 is 3.37. The van der Waals surface area contributed by atoms with Crippen molar-refractivity contribution >= 4 is 15.9 Å². The lowest BCUT2D eigenvalue weighted by Gasteiger charge is -2.10. The number of halogens is 1. The molecule has 1 aromatic carbocycles. The third kappa shape index (κ3) is 2.33. The molecule has 0 aliphatic heterocycles. The minimum atomic E-state index is 0.678. The Labute approximate surface area is 102 Å². The highest BCUT2D eigenvalue weighted by molar-refractivity contribution is 9.10. The largest absolute Gasteiger partial charge is 0.493 e. The molecule has 1 heterocycles. The van der Waals surface area contributed by atoms with E-state index in [2.05, 4.69) is 20.9 Å². The van der Waals surface area contributed by atoms with E-state index in [1.165, 1.54) is 0 Å². The van der Waals surface area contributed by atoms with Crippen molar-refractivity contribution in [1.29, 1.82) is 0 Å². The third-order valence-corrected chi connectivity index (χ3v) is 2.62. The molecule has 0 saturated heterocycles. The molecule has 0 radical (unpaired) electrons. The van der Waals surface area contributed by atoms with E-state index >= 15 is 0 Å². The van der Waals surface area contributed by atoms with Gasteiger partial charge in [-0.2, -0.15) is 0 Å². The lowest BCUT2D eigenvalue weighted by atomic mass is 10.3. The molecule has 0 aliphatic rings. The van der Waals surface area contributed by atoms with Crippen LogP contribution in [-0.2, 0) is 0 Å². The fraction of sp³-hybridized carbons (Fsp3) is 0.0833. The Hall–Kier alpha value is -1.55. The van der Waals surface area contributed by atoms with Crippen molar-refractivity contribution in [2.45, 2.75) is 0 Å². The van der Waals surface area contributed by atoms with Crippen LogP contribution in [0, 0.1) is 0 Å². The van der Waals surface area contributed by atoms with Crippen molar-refractivity contribution in [2.75, 3.05) is 7.11 Å². The van der Waals surface area contributed by atoms with Gasteiger partial charge in [0, 0.05) is 18.5 Å². The van der Waals surface area contributed by atoms with Crippen molar-refractivity contribution in [2.24, 2.45) is 0 Å². The predicted molar refractivity (Wildman–Crippen MR) is 65.0 cm³/mol. The number of pyridine rings is 1. The Morgan fingerprint density at radius 3 is 2.50 bits per heavy atom. The Morgan fingerprint density at radius 2 is 1.81 bits per heavy atom. The number of aromatic nitrogens is 1. The SMILES string of the molecule is COc1ccccc1Oc1ccncc1Br. The second-order valence-corrected chi connectivity index (χ2v) is 3.91. The molecule has 4 heteroatoms. The number of ether oxygens (including phenoxy) is 2. The molecule has 0 amide bonds. The van der Waals surface area contributed by atoms with E-state index in [1.54, 1.807) is 25.6 Å². The molecule has 82 valence electrons. The van der Waals surface area contributed by atoms with Crippen LogP contribution < -0.4 is 9.47 Å². The lowest BCUT2D eigenvalue weighted by molar-refractivity contribution is 0.378. The normalized spacial score (nSPS) is 9.88. The molecule has 16 heavy (non-hydrogen) atoms. The number of rotatable bonds is 3. The van der Waals surface area contributed by atoms with Crippen LogP contribution in [0.3, 0.4) is 0 Å². The van der Waals surface area contributed by atoms with Crippen molar-refractivity contribution < 1.29 is 9.47 Å². The Kier molecular flexibility index (Phi) is 3.41. The first-order valence-corrected chi connectivity index (χ1v) is 5.51. The molecular weight excluding hydrogens is 270 g/mol. The summed E-state index contributed by atoms with van der Waals surface area (Å²) in [5.74, 6) is 2.09. The molecule has 0 fully saturated rings. The van der Waals surface area contributed by atoms with Gasteiger partial charge >= 0.3 is 0 Å². The summed E-state index contributed by atoms with van der Waals surface area (Å²) in [6.07, 6.45) is 3.36. The van der Waals surface area contributed by atoms with Crippen LogP contribution in [0.25, 0.3) is 0 Å². The molecule has 3 nitrogen and oxygen atoms in total. The zero-order valence-corrected chi connectivity index (χ0v) is 10.3. The quantitative estimate of drug-likeness (QED) is 0.860. The van der Waals surface area contributed by atoms with Gasteiger partial charge < -0.3 is 9.47 Å². The molecule has 0 unspecified atom stereocenters.